The summed E-state index contributed by atoms with van der Waals surface area (Å²) in [6.07, 6.45) is 2.59. The lowest BCUT2D eigenvalue weighted by Gasteiger charge is -2.08. The van der Waals surface area contributed by atoms with Crippen LogP contribution in [0.4, 0.5) is 4.39 Å². The molecular formula is C12H16FO. The molecule has 0 aliphatic carbocycles. The Bertz CT molecular complexity index is 296. The fourth-order valence-electron chi connectivity index (χ4n) is 1.26. The number of hydrogen-bond donors (Lipinski definition) is 1. The molecule has 0 heterocycles. The zero-order valence-corrected chi connectivity index (χ0v) is 8.63. The van der Waals surface area contributed by atoms with Crippen molar-refractivity contribution in [1.82, 2.24) is 0 Å². The molecule has 14 heavy (non-hydrogen) atoms. The van der Waals surface area contributed by atoms with E-state index < -0.39 is 0 Å². The van der Waals surface area contributed by atoms with Gasteiger partial charge in [0.2, 0.25) is 0 Å². The van der Waals surface area contributed by atoms with E-state index in [1.54, 1.807) is 25.5 Å². The van der Waals surface area contributed by atoms with Crippen LogP contribution >= 0.6 is 0 Å². The largest absolute Gasteiger partial charge is 0.393 e. The maximum absolute atomic E-state index is 13.4. The van der Waals surface area contributed by atoms with E-state index in [4.69, 9.17) is 0 Å². The molecule has 0 saturated carbocycles. The molecule has 0 bridgehead atoms. The van der Waals surface area contributed by atoms with Crippen LogP contribution in [0.2, 0.25) is 0 Å². The highest BCUT2D eigenvalue weighted by Gasteiger charge is 2.07. The van der Waals surface area contributed by atoms with Gasteiger partial charge in [0.1, 0.15) is 5.82 Å². The standard InChI is InChI=1S/C12H16FO/c1-3-11(14)8-7-10-6-4-5-9(2)12(10)13/h4-7,11,14H,3,8H2,1-2H3. The summed E-state index contributed by atoms with van der Waals surface area (Å²) in [6, 6.07) is 5.29. The van der Waals surface area contributed by atoms with E-state index in [0.29, 0.717) is 24.0 Å². The van der Waals surface area contributed by atoms with Crippen molar-refractivity contribution >= 4 is 0 Å². The minimum atomic E-state index is -0.366. The third-order valence-corrected chi connectivity index (χ3v) is 2.30. The quantitative estimate of drug-likeness (QED) is 0.783. The summed E-state index contributed by atoms with van der Waals surface area (Å²) in [5, 5.41) is 9.33. The molecular weight excluding hydrogens is 179 g/mol. The number of benzene rings is 1. The van der Waals surface area contributed by atoms with Crippen LogP contribution in [0.1, 0.15) is 30.9 Å². The average Bonchev–Trinajstić information content (AvgIpc) is 2.20. The number of rotatable bonds is 4. The Labute approximate surface area is 84.6 Å². The zero-order valence-electron chi connectivity index (χ0n) is 8.63. The van der Waals surface area contributed by atoms with Crippen LogP contribution in [-0.2, 0) is 0 Å². The highest BCUT2D eigenvalue weighted by molar-refractivity contribution is 5.30. The SMILES string of the molecule is CCC(O)C[CH]c1cccc(C)c1F. The van der Waals surface area contributed by atoms with Crippen molar-refractivity contribution in [1.29, 1.82) is 0 Å². The summed E-state index contributed by atoms with van der Waals surface area (Å²) in [7, 11) is 0. The maximum Gasteiger partial charge on any atom is 0.129 e. The molecule has 1 atom stereocenters. The van der Waals surface area contributed by atoms with E-state index in [1.165, 1.54) is 0 Å². The van der Waals surface area contributed by atoms with Gasteiger partial charge in [-0.3, -0.25) is 0 Å². The first-order valence-electron chi connectivity index (χ1n) is 4.91. The van der Waals surface area contributed by atoms with E-state index in [1.807, 2.05) is 13.0 Å². The summed E-state index contributed by atoms with van der Waals surface area (Å²) in [6.45, 7) is 3.65. The second-order valence-corrected chi connectivity index (χ2v) is 3.48. The maximum atomic E-state index is 13.4. The second-order valence-electron chi connectivity index (χ2n) is 3.48. The summed E-state index contributed by atoms with van der Waals surface area (Å²) in [5.74, 6) is -0.184. The molecule has 1 nitrogen and oxygen atoms in total. The average molecular weight is 195 g/mol. The fourth-order valence-corrected chi connectivity index (χ4v) is 1.26. The highest BCUT2D eigenvalue weighted by atomic mass is 19.1. The minimum absolute atomic E-state index is 0.184. The Balaban J connectivity index is 2.63. The van der Waals surface area contributed by atoms with E-state index in [-0.39, 0.29) is 11.9 Å². The number of aryl methyl sites for hydroxylation is 1. The molecule has 1 radical (unpaired) electrons. The first kappa shape index (κ1) is 11.2. The first-order chi connectivity index (χ1) is 6.65. The van der Waals surface area contributed by atoms with E-state index in [0.717, 1.165) is 0 Å². The van der Waals surface area contributed by atoms with Gasteiger partial charge >= 0.3 is 0 Å². The Hall–Kier alpha value is -0.890. The van der Waals surface area contributed by atoms with Gasteiger partial charge in [0.15, 0.2) is 0 Å². The van der Waals surface area contributed by atoms with Gasteiger partial charge in [-0.05, 0) is 37.3 Å². The Morgan fingerprint density at radius 1 is 1.50 bits per heavy atom. The molecule has 0 fully saturated rings. The normalized spacial score (nSPS) is 12.9. The smallest absolute Gasteiger partial charge is 0.129 e. The van der Waals surface area contributed by atoms with Gasteiger partial charge in [0.05, 0.1) is 6.10 Å². The summed E-state index contributed by atoms with van der Waals surface area (Å²) in [4.78, 5) is 0. The van der Waals surface area contributed by atoms with Crippen LogP contribution < -0.4 is 0 Å². The molecule has 0 amide bonds. The highest BCUT2D eigenvalue weighted by Crippen LogP contribution is 2.16. The lowest BCUT2D eigenvalue weighted by atomic mass is 10.0. The van der Waals surface area contributed by atoms with Gasteiger partial charge in [-0.25, -0.2) is 4.39 Å². The molecule has 0 spiro atoms. The molecule has 77 valence electrons. The molecule has 0 saturated heterocycles. The second kappa shape index (κ2) is 5.11. The zero-order chi connectivity index (χ0) is 10.6. The van der Waals surface area contributed by atoms with Gasteiger partial charge < -0.3 is 5.11 Å². The van der Waals surface area contributed by atoms with Crippen molar-refractivity contribution in [3.8, 4) is 0 Å². The first-order valence-corrected chi connectivity index (χ1v) is 4.91. The van der Waals surface area contributed by atoms with Gasteiger partial charge in [-0.1, -0.05) is 25.1 Å². The molecule has 1 N–H and O–H groups in total. The molecule has 1 unspecified atom stereocenters. The summed E-state index contributed by atoms with van der Waals surface area (Å²) >= 11 is 0. The van der Waals surface area contributed by atoms with Gasteiger partial charge in [0, 0.05) is 0 Å². The molecule has 0 aromatic heterocycles. The fraction of sp³-hybridized carbons (Fsp3) is 0.417. The Morgan fingerprint density at radius 2 is 2.21 bits per heavy atom. The van der Waals surface area contributed by atoms with E-state index >= 15 is 0 Å². The molecule has 0 aliphatic heterocycles. The van der Waals surface area contributed by atoms with Crippen molar-refractivity contribution in [3.63, 3.8) is 0 Å². The van der Waals surface area contributed by atoms with Gasteiger partial charge in [-0.2, -0.15) is 0 Å². The molecule has 1 aromatic rings. The summed E-state index contributed by atoms with van der Waals surface area (Å²) in [5.41, 5.74) is 1.22. The number of aliphatic hydroxyl groups is 1. The third kappa shape index (κ3) is 2.81. The van der Waals surface area contributed by atoms with Crippen molar-refractivity contribution in [3.05, 3.63) is 41.6 Å². The number of hydrogen-bond acceptors (Lipinski definition) is 1. The lowest BCUT2D eigenvalue weighted by molar-refractivity contribution is 0.170. The van der Waals surface area contributed by atoms with Crippen LogP contribution in [0.25, 0.3) is 0 Å². The predicted molar refractivity (Wildman–Crippen MR) is 55.5 cm³/mol. The van der Waals surface area contributed by atoms with Gasteiger partial charge in [0.25, 0.3) is 0 Å². The van der Waals surface area contributed by atoms with Crippen LogP contribution in [-0.4, -0.2) is 11.2 Å². The van der Waals surface area contributed by atoms with Crippen LogP contribution in [0.3, 0.4) is 0 Å². The number of halogens is 1. The monoisotopic (exact) mass is 195 g/mol. The van der Waals surface area contributed by atoms with Gasteiger partial charge in [-0.15, -0.1) is 0 Å². The van der Waals surface area contributed by atoms with Crippen molar-refractivity contribution in [2.24, 2.45) is 0 Å². The van der Waals surface area contributed by atoms with E-state index in [9.17, 15) is 9.50 Å². The Kier molecular flexibility index (Phi) is 4.08. The predicted octanol–water partition coefficient (Wildman–Crippen LogP) is 2.85. The van der Waals surface area contributed by atoms with Crippen molar-refractivity contribution in [2.75, 3.05) is 0 Å². The topological polar surface area (TPSA) is 20.2 Å². The molecule has 1 rings (SSSR count). The van der Waals surface area contributed by atoms with Crippen LogP contribution in [0.15, 0.2) is 18.2 Å². The summed E-state index contributed by atoms with van der Waals surface area (Å²) < 4.78 is 13.4. The number of aliphatic hydroxyl groups excluding tert-OH is 1. The minimum Gasteiger partial charge on any atom is -0.393 e. The van der Waals surface area contributed by atoms with Crippen LogP contribution in [0.5, 0.6) is 0 Å². The van der Waals surface area contributed by atoms with Crippen molar-refractivity contribution in [2.45, 2.75) is 32.8 Å². The van der Waals surface area contributed by atoms with E-state index in [2.05, 4.69) is 0 Å². The lowest BCUT2D eigenvalue weighted by Crippen LogP contribution is -2.05. The molecule has 0 aliphatic rings. The molecule has 2 heteroatoms. The third-order valence-electron chi connectivity index (χ3n) is 2.30. The Morgan fingerprint density at radius 3 is 2.86 bits per heavy atom. The molecule has 1 aromatic carbocycles. The van der Waals surface area contributed by atoms with Crippen LogP contribution in [0, 0.1) is 19.2 Å². The van der Waals surface area contributed by atoms with Crippen molar-refractivity contribution < 1.29 is 9.50 Å².